The standard InChI is InChI=1S/C10H10N2O2/c11-5-9-10(4-7(13)6-12-9)14-8-2-1-3-8/h4,6,8,13H,1-3H2. The van der Waals surface area contributed by atoms with Gasteiger partial charge in [-0.05, 0) is 19.3 Å². The fourth-order valence-electron chi connectivity index (χ4n) is 1.28. The second-order valence-electron chi connectivity index (χ2n) is 3.32. The van der Waals surface area contributed by atoms with Gasteiger partial charge in [-0.3, -0.25) is 0 Å². The number of aromatic nitrogens is 1. The van der Waals surface area contributed by atoms with Crippen LogP contribution in [0, 0.1) is 11.3 Å². The fourth-order valence-corrected chi connectivity index (χ4v) is 1.28. The Bertz CT molecular complexity index is 380. The molecule has 1 aliphatic rings. The molecule has 0 spiro atoms. The molecule has 1 saturated carbocycles. The normalized spacial score (nSPS) is 15.6. The van der Waals surface area contributed by atoms with Gasteiger partial charge in [0.25, 0.3) is 0 Å². The number of nitrogens with zero attached hydrogens (tertiary/aromatic N) is 2. The summed E-state index contributed by atoms with van der Waals surface area (Å²) in [5.41, 5.74) is 0.231. The molecule has 0 unspecified atom stereocenters. The summed E-state index contributed by atoms with van der Waals surface area (Å²) in [6.07, 6.45) is 4.62. The topological polar surface area (TPSA) is 66.1 Å². The second kappa shape index (κ2) is 3.54. The number of ether oxygens (including phenoxy) is 1. The van der Waals surface area contributed by atoms with E-state index in [1.165, 1.54) is 18.7 Å². The highest BCUT2D eigenvalue weighted by molar-refractivity contribution is 5.41. The number of pyridine rings is 1. The van der Waals surface area contributed by atoms with Crippen molar-refractivity contribution in [2.45, 2.75) is 25.4 Å². The Morgan fingerprint density at radius 2 is 2.36 bits per heavy atom. The maximum absolute atomic E-state index is 9.18. The van der Waals surface area contributed by atoms with E-state index in [4.69, 9.17) is 10.00 Å². The number of rotatable bonds is 2. The van der Waals surface area contributed by atoms with Gasteiger partial charge in [-0.1, -0.05) is 0 Å². The van der Waals surface area contributed by atoms with E-state index in [2.05, 4.69) is 4.98 Å². The number of aromatic hydroxyl groups is 1. The molecule has 1 aromatic heterocycles. The Balaban J connectivity index is 2.21. The average molecular weight is 190 g/mol. The third-order valence-corrected chi connectivity index (χ3v) is 2.29. The first-order valence-corrected chi connectivity index (χ1v) is 4.55. The molecule has 4 heteroatoms. The van der Waals surface area contributed by atoms with Gasteiger partial charge < -0.3 is 9.84 Å². The Morgan fingerprint density at radius 1 is 1.57 bits per heavy atom. The summed E-state index contributed by atoms with van der Waals surface area (Å²) >= 11 is 0. The van der Waals surface area contributed by atoms with Gasteiger partial charge >= 0.3 is 0 Å². The molecular weight excluding hydrogens is 180 g/mol. The van der Waals surface area contributed by atoms with Crippen LogP contribution in [0.2, 0.25) is 0 Å². The van der Waals surface area contributed by atoms with Crippen LogP contribution in [0.5, 0.6) is 11.5 Å². The molecular formula is C10H10N2O2. The lowest BCUT2D eigenvalue weighted by Gasteiger charge is -2.26. The van der Waals surface area contributed by atoms with E-state index >= 15 is 0 Å². The van der Waals surface area contributed by atoms with E-state index in [1.807, 2.05) is 6.07 Å². The summed E-state index contributed by atoms with van der Waals surface area (Å²) in [5, 5.41) is 17.9. The quantitative estimate of drug-likeness (QED) is 0.769. The monoisotopic (exact) mass is 190 g/mol. The van der Waals surface area contributed by atoms with Crippen molar-refractivity contribution in [3.63, 3.8) is 0 Å². The van der Waals surface area contributed by atoms with Gasteiger partial charge in [-0.15, -0.1) is 0 Å². The van der Waals surface area contributed by atoms with E-state index in [1.54, 1.807) is 0 Å². The van der Waals surface area contributed by atoms with Crippen LogP contribution < -0.4 is 4.74 Å². The van der Waals surface area contributed by atoms with Crippen molar-refractivity contribution in [1.29, 1.82) is 5.26 Å². The van der Waals surface area contributed by atoms with Crippen molar-refractivity contribution in [2.75, 3.05) is 0 Å². The zero-order chi connectivity index (χ0) is 9.97. The summed E-state index contributed by atoms with van der Waals surface area (Å²) in [6.45, 7) is 0. The molecule has 1 aliphatic carbocycles. The molecule has 1 heterocycles. The maximum atomic E-state index is 9.18. The zero-order valence-corrected chi connectivity index (χ0v) is 7.60. The van der Waals surface area contributed by atoms with Gasteiger partial charge in [-0.2, -0.15) is 5.26 Å². The van der Waals surface area contributed by atoms with Crippen LogP contribution in [0.4, 0.5) is 0 Å². The maximum Gasteiger partial charge on any atom is 0.182 e. The van der Waals surface area contributed by atoms with Crippen molar-refractivity contribution >= 4 is 0 Å². The van der Waals surface area contributed by atoms with Gasteiger partial charge in [0.15, 0.2) is 11.4 Å². The lowest BCUT2D eigenvalue weighted by Crippen LogP contribution is -2.25. The Kier molecular flexibility index (Phi) is 2.23. The molecule has 4 nitrogen and oxygen atoms in total. The molecule has 0 aromatic carbocycles. The van der Waals surface area contributed by atoms with E-state index in [9.17, 15) is 5.11 Å². The molecule has 14 heavy (non-hydrogen) atoms. The third-order valence-electron chi connectivity index (χ3n) is 2.29. The zero-order valence-electron chi connectivity index (χ0n) is 7.60. The molecule has 2 rings (SSSR count). The van der Waals surface area contributed by atoms with Gasteiger partial charge in [0.05, 0.1) is 12.3 Å². The second-order valence-corrected chi connectivity index (χ2v) is 3.32. The summed E-state index contributed by atoms with van der Waals surface area (Å²) in [6, 6.07) is 3.36. The van der Waals surface area contributed by atoms with E-state index in [-0.39, 0.29) is 17.5 Å². The van der Waals surface area contributed by atoms with Crippen molar-refractivity contribution in [3.8, 4) is 17.6 Å². The van der Waals surface area contributed by atoms with Gasteiger partial charge in [-0.25, -0.2) is 4.98 Å². The highest BCUT2D eigenvalue weighted by Gasteiger charge is 2.20. The molecule has 0 bridgehead atoms. The molecule has 1 fully saturated rings. The van der Waals surface area contributed by atoms with Gasteiger partial charge in [0, 0.05) is 6.07 Å². The van der Waals surface area contributed by atoms with Crippen LogP contribution in [0.1, 0.15) is 25.0 Å². The minimum absolute atomic E-state index is 0.0262. The fraction of sp³-hybridized carbons (Fsp3) is 0.400. The predicted molar refractivity (Wildman–Crippen MR) is 48.9 cm³/mol. The molecule has 0 saturated heterocycles. The summed E-state index contributed by atoms with van der Waals surface area (Å²) in [7, 11) is 0. The first-order chi connectivity index (χ1) is 6.79. The van der Waals surface area contributed by atoms with Crippen molar-refractivity contribution in [2.24, 2.45) is 0 Å². The van der Waals surface area contributed by atoms with Crippen LogP contribution in [0.3, 0.4) is 0 Å². The number of hydrogen-bond acceptors (Lipinski definition) is 4. The van der Waals surface area contributed by atoms with Gasteiger partial charge in [0.2, 0.25) is 0 Å². The Hall–Kier alpha value is -1.76. The third kappa shape index (κ3) is 1.62. The Morgan fingerprint density at radius 3 is 2.93 bits per heavy atom. The van der Waals surface area contributed by atoms with Gasteiger partial charge in [0.1, 0.15) is 11.8 Å². The van der Waals surface area contributed by atoms with E-state index < -0.39 is 0 Å². The lowest BCUT2D eigenvalue weighted by molar-refractivity contribution is 0.119. The number of hydrogen-bond donors (Lipinski definition) is 1. The molecule has 0 aliphatic heterocycles. The average Bonchev–Trinajstić information content (AvgIpc) is 2.12. The Labute approximate surface area is 81.8 Å². The van der Waals surface area contributed by atoms with Crippen LogP contribution >= 0.6 is 0 Å². The smallest absolute Gasteiger partial charge is 0.182 e. The van der Waals surface area contributed by atoms with Crippen LogP contribution in [0.25, 0.3) is 0 Å². The number of nitriles is 1. The largest absolute Gasteiger partial charge is 0.506 e. The van der Waals surface area contributed by atoms with Crippen LogP contribution in [-0.4, -0.2) is 16.2 Å². The van der Waals surface area contributed by atoms with Crippen molar-refractivity contribution < 1.29 is 9.84 Å². The minimum Gasteiger partial charge on any atom is -0.506 e. The molecule has 1 aromatic rings. The van der Waals surface area contributed by atoms with E-state index in [0.29, 0.717) is 5.75 Å². The summed E-state index contributed by atoms with van der Waals surface area (Å²) < 4.78 is 5.51. The minimum atomic E-state index is 0.0262. The van der Waals surface area contributed by atoms with Crippen molar-refractivity contribution in [3.05, 3.63) is 18.0 Å². The van der Waals surface area contributed by atoms with E-state index in [0.717, 1.165) is 12.8 Å². The lowest BCUT2D eigenvalue weighted by atomic mass is 9.96. The summed E-state index contributed by atoms with van der Waals surface area (Å²) in [5.74, 6) is 0.413. The molecule has 0 amide bonds. The molecule has 0 radical (unpaired) electrons. The first kappa shape index (κ1) is 8.82. The SMILES string of the molecule is N#Cc1ncc(O)cc1OC1CCC1. The highest BCUT2D eigenvalue weighted by Crippen LogP contribution is 2.28. The predicted octanol–water partition coefficient (Wildman–Crippen LogP) is 1.59. The summed E-state index contributed by atoms with van der Waals surface area (Å²) in [4.78, 5) is 3.77. The van der Waals surface area contributed by atoms with Crippen LogP contribution in [0.15, 0.2) is 12.3 Å². The highest BCUT2D eigenvalue weighted by atomic mass is 16.5. The molecule has 0 atom stereocenters. The van der Waals surface area contributed by atoms with Crippen LogP contribution in [-0.2, 0) is 0 Å². The molecule has 1 N–H and O–H groups in total. The van der Waals surface area contributed by atoms with Crippen molar-refractivity contribution in [1.82, 2.24) is 4.98 Å². The first-order valence-electron chi connectivity index (χ1n) is 4.55. The molecule has 72 valence electrons.